The fourth-order valence-corrected chi connectivity index (χ4v) is 5.61. The molecule has 1 N–H and O–H groups in total. The number of allylic oxidation sites excluding steroid dienone is 1. The Hall–Kier alpha value is -2.54. The van der Waals surface area contributed by atoms with Crippen LogP contribution in [0.5, 0.6) is 0 Å². The van der Waals surface area contributed by atoms with E-state index < -0.39 is 27.8 Å². The number of hydrogen-bond acceptors (Lipinski definition) is 7. The molecule has 1 aromatic heterocycles. The molecule has 1 fully saturated rings. The summed E-state index contributed by atoms with van der Waals surface area (Å²) in [5, 5.41) is 2.04. The zero-order chi connectivity index (χ0) is 24.2. The van der Waals surface area contributed by atoms with Gasteiger partial charge in [0.05, 0.1) is 28.3 Å². The Kier molecular flexibility index (Phi) is 7.73. The third-order valence-corrected chi connectivity index (χ3v) is 7.91. The zero-order valence-electron chi connectivity index (χ0n) is 18.4. The number of piperidine rings is 1. The Labute approximate surface area is 190 Å². The molecule has 13 heteroatoms. The van der Waals surface area contributed by atoms with E-state index in [0.717, 1.165) is 0 Å². The Bertz CT molecular complexity index is 1100. The first-order chi connectivity index (χ1) is 15.5. The molecule has 2 aliphatic heterocycles. The lowest BCUT2D eigenvalue weighted by Gasteiger charge is -2.32. The first-order valence-electron chi connectivity index (χ1n) is 10.5. The van der Waals surface area contributed by atoms with Crippen LogP contribution in [0.15, 0.2) is 33.4 Å². The number of hydrogen-bond donors (Lipinski definition) is 1. The number of likely N-dealkylation sites (tertiary alicyclic amines) is 1. The van der Waals surface area contributed by atoms with Crippen molar-refractivity contribution < 1.29 is 26.4 Å². The minimum atomic E-state index is -4.29. The number of aryl methyl sites for hydroxylation is 1. The highest BCUT2D eigenvalue weighted by Gasteiger charge is 2.37. The lowest BCUT2D eigenvalue weighted by molar-refractivity contribution is -0.147. The molecule has 1 saturated heterocycles. The normalized spacial score (nSPS) is 21.2. The van der Waals surface area contributed by atoms with Gasteiger partial charge in [0.1, 0.15) is 0 Å². The Morgan fingerprint density at radius 2 is 2.00 bits per heavy atom. The number of alkyl halides is 3. The molecule has 182 valence electrons. The first kappa shape index (κ1) is 25.1. The van der Waals surface area contributed by atoms with Crippen molar-refractivity contribution in [1.82, 2.24) is 19.8 Å². The summed E-state index contributed by atoms with van der Waals surface area (Å²) in [7, 11) is -0.339. The number of aliphatic imine (C=N–C) groups is 1. The second kappa shape index (κ2) is 10.2. The molecule has 3 rings (SSSR count). The van der Waals surface area contributed by atoms with Gasteiger partial charge in [-0.1, -0.05) is 6.08 Å². The molecule has 33 heavy (non-hydrogen) atoms. The van der Waals surface area contributed by atoms with Crippen LogP contribution in [0.2, 0.25) is 0 Å². The molecule has 1 atom stereocenters. The van der Waals surface area contributed by atoms with E-state index in [1.807, 2.05) is 0 Å². The van der Waals surface area contributed by atoms with Crippen LogP contribution in [0, 0.1) is 0 Å². The summed E-state index contributed by atoms with van der Waals surface area (Å²) in [5.74, 6) is -0.330. The van der Waals surface area contributed by atoms with E-state index in [1.165, 1.54) is 17.3 Å². The van der Waals surface area contributed by atoms with E-state index >= 15 is 0 Å². The first-order valence-corrected chi connectivity index (χ1v) is 12.0. The molecular weight excluding hydrogens is 461 g/mol. The fourth-order valence-electron chi connectivity index (χ4n) is 3.86. The summed E-state index contributed by atoms with van der Waals surface area (Å²) in [6.07, 6.45) is 2.23. The van der Waals surface area contributed by atoms with Crippen LogP contribution in [-0.2, 0) is 16.9 Å². The Morgan fingerprint density at radius 1 is 1.30 bits per heavy atom. The largest absolute Gasteiger partial charge is 0.401 e. The van der Waals surface area contributed by atoms with E-state index in [-0.39, 0.29) is 49.3 Å². The van der Waals surface area contributed by atoms with Gasteiger partial charge in [0, 0.05) is 39.2 Å². The maximum Gasteiger partial charge on any atom is 0.401 e. The van der Waals surface area contributed by atoms with Crippen LogP contribution < -0.4 is 10.9 Å². The van der Waals surface area contributed by atoms with Gasteiger partial charge in [-0.2, -0.15) is 13.2 Å². The molecule has 0 radical (unpaired) electrons. The number of carbonyl (C=O) groups is 1. The maximum absolute atomic E-state index is 12.9. The Balaban J connectivity index is 1.51. The van der Waals surface area contributed by atoms with Crippen molar-refractivity contribution in [2.75, 3.05) is 33.2 Å². The lowest BCUT2D eigenvalue weighted by atomic mass is 10.1. The molecule has 0 spiro atoms. The van der Waals surface area contributed by atoms with Crippen molar-refractivity contribution in [1.29, 1.82) is 0 Å². The SMILES string of the molecule is CN=c1ncc(C(=O)NCC2CC=C(S(=O)(=O)C3CCN(CC(F)(F)F)CC3)C=N2)cn1C. The highest BCUT2D eigenvalue weighted by atomic mass is 32.2. The molecule has 1 aromatic rings. The molecule has 0 aromatic carbocycles. The van der Waals surface area contributed by atoms with Gasteiger partial charge in [-0.25, -0.2) is 13.4 Å². The van der Waals surface area contributed by atoms with Gasteiger partial charge in [0.2, 0.25) is 5.62 Å². The predicted molar refractivity (Wildman–Crippen MR) is 116 cm³/mol. The van der Waals surface area contributed by atoms with Crippen molar-refractivity contribution in [2.24, 2.45) is 17.0 Å². The number of rotatable bonds is 6. The molecule has 0 bridgehead atoms. The second-order valence-corrected chi connectivity index (χ2v) is 10.3. The molecule has 1 unspecified atom stereocenters. The number of carbonyl (C=O) groups excluding carboxylic acids is 1. The summed E-state index contributed by atoms with van der Waals surface area (Å²) < 4.78 is 65.0. The minimum absolute atomic E-state index is 0.0857. The molecule has 9 nitrogen and oxygen atoms in total. The highest BCUT2D eigenvalue weighted by Crippen LogP contribution is 2.27. The second-order valence-electron chi connectivity index (χ2n) is 8.10. The smallest absolute Gasteiger partial charge is 0.350 e. The van der Waals surface area contributed by atoms with Crippen molar-refractivity contribution in [3.63, 3.8) is 0 Å². The third kappa shape index (κ3) is 6.50. The molecule has 0 saturated carbocycles. The molecule has 2 aliphatic rings. The van der Waals surface area contributed by atoms with Crippen LogP contribution in [0.25, 0.3) is 0 Å². The summed E-state index contributed by atoms with van der Waals surface area (Å²) in [4.78, 5) is 26.0. The molecule has 0 aliphatic carbocycles. The summed E-state index contributed by atoms with van der Waals surface area (Å²) in [6, 6.07) is -0.312. The summed E-state index contributed by atoms with van der Waals surface area (Å²) in [5.41, 5.74) is 0.841. The number of amides is 1. The molecule has 3 heterocycles. The van der Waals surface area contributed by atoms with Crippen molar-refractivity contribution >= 4 is 22.0 Å². The van der Waals surface area contributed by atoms with Gasteiger partial charge in [0.15, 0.2) is 9.84 Å². The van der Waals surface area contributed by atoms with Gasteiger partial charge < -0.3 is 9.88 Å². The topological polar surface area (TPSA) is 109 Å². The van der Waals surface area contributed by atoms with Crippen molar-refractivity contribution in [3.8, 4) is 0 Å². The van der Waals surface area contributed by atoms with Gasteiger partial charge in [-0.15, -0.1) is 0 Å². The van der Waals surface area contributed by atoms with E-state index in [4.69, 9.17) is 0 Å². The van der Waals surface area contributed by atoms with Gasteiger partial charge >= 0.3 is 6.18 Å². The standard InChI is InChI=1S/C20H27F3N6O3S/c1-24-19-27-9-14(12-28(19)2)18(30)26-10-15-3-4-17(11-25-15)33(31,32)16-5-7-29(8-6-16)13-20(21,22)23/h4,9,11-12,15-16H,3,5-8,10,13H2,1-2H3,(H,26,30). The van der Waals surface area contributed by atoms with Crippen LogP contribution in [0.1, 0.15) is 29.6 Å². The lowest BCUT2D eigenvalue weighted by Crippen LogP contribution is -2.43. The van der Waals surface area contributed by atoms with E-state index in [1.54, 1.807) is 30.9 Å². The quantitative estimate of drug-likeness (QED) is 0.639. The van der Waals surface area contributed by atoms with E-state index in [0.29, 0.717) is 17.6 Å². The number of sulfone groups is 1. The fraction of sp³-hybridized carbons (Fsp3) is 0.600. The summed E-state index contributed by atoms with van der Waals surface area (Å²) >= 11 is 0. The third-order valence-electron chi connectivity index (χ3n) is 5.64. The summed E-state index contributed by atoms with van der Waals surface area (Å²) in [6.45, 7) is -0.632. The monoisotopic (exact) mass is 488 g/mol. The van der Waals surface area contributed by atoms with Gasteiger partial charge in [-0.3, -0.25) is 19.7 Å². The number of nitrogens with zero attached hydrogens (tertiary/aromatic N) is 5. The Morgan fingerprint density at radius 3 is 2.55 bits per heavy atom. The van der Waals surface area contributed by atoms with E-state index in [2.05, 4.69) is 20.3 Å². The average Bonchev–Trinajstić information content (AvgIpc) is 2.77. The molecule has 1 amide bonds. The average molecular weight is 489 g/mol. The number of halogens is 3. The number of dihydropyridines is 1. The van der Waals surface area contributed by atoms with Crippen molar-refractivity contribution in [2.45, 2.75) is 36.7 Å². The van der Waals surface area contributed by atoms with E-state index in [9.17, 15) is 26.4 Å². The minimum Gasteiger partial charge on any atom is -0.350 e. The van der Waals surface area contributed by atoms with Gasteiger partial charge in [0.25, 0.3) is 5.91 Å². The van der Waals surface area contributed by atoms with Crippen molar-refractivity contribution in [3.05, 3.63) is 34.6 Å². The van der Waals surface area contributed by atoms with Crippen LogP contribution >= 0.6 is 0 Å². The van der Waals surface area contributed by atoms with Gasteiger partial charge in [-0.05, 0) is 32.4 Å². The maximum atomic E-state index is 12.9. The number of aromatic nitrogens is 2. The van der Waals surface area contributed by atoms with Crippen LogP contribution in [-0.4, -0.2) is 85.7 Å². The number of nitrogens with one attached hydrogen (secondary N) is 1. The predicted octanol–water partition coefficient (Wildman–Crippen LogP) is 0.849. The van der Waals surface area contributed by atoms with Crippen LogP contribution in [0.4, 0.5) is 13.2 Å². The zero-order valence-corrected chi connectivity index (χ0v) is 19.2. The van der Waals surface area contributed by atoms with Crippen LogP contribution in [0.3, 0.4) is 0 Å². The molecular formula is C20H27F3N6O3S. The highest BCUT2D eigenvalue weighted by molar-refractivity contribution is 7.96.